The van der Waals surface area contributed by atoms with Gasteiger partial charge < -0.3 is 5.32 Å². The number of anilines is 1. The van der Waals surface area contributed by atoms with E-state index in [1.54, 1.807) is 0 Å². The molecule has 0 unspecified atom stereocenters. The molecule has 2 aromatic rings. The Morgan fingerprint density at radius 2 is 1.47 bits per heavy atom. The summed E-state index contributed by atoms with van der Waals surface area (Å²) in [5.74, 6) is -0.0239. The van der Waals surface area contributed by atoms with E-state index in [1.807, 2.05) is 48.5 Å². The van der Waals surface area contributed by atoms with Crippen molar-refractivity contribution >= 4 is 24.9 Å². The molecule has 2 aromatic carbocycles. The van der Waals surface area contributed by atoms with Crippen molar-refractivity contribution in [2.45, 2.75) is 19.6 Å². The first-order valence-corrected chi connectivity index (χ1v) is 9.94. The van der Waals surface area contributed by atoms with E-state index in [2.05, 4.69) is 31.0 Å². The summed E-state index contributed by atoms with van der Waals surface area (Å²) in [5, 5.41) is 4.15. The molecule has 98 valence electrons. The van der Waals surface area contributed by atoms with Crippen molar-refractivity contribution in [1.29, 1.82) is 0 Å². The first-order chi connectivity index (χ1) is 8.98. The number of hydrogen-bond donors (Lipinski definition) is 1. The summed E-state index contributed by atoms with van der Waals surface area (Å²) in [6, 6.07) is 17.5. The highest BCUT2D eigenvalue weighted by Crippen LogP contribution is 2.11. The van der Waals surface area contributed by atoms with Gasteiger partial charge in [0, 0.05) is 11.3 Å². The molecule has 0 bridgehead atoms. The van der Waals surface area contributed by atoms with Gasteiger partial charge in [0.05, 0.1) is 8.07 Å². The monoisotopic (exact) mass is 269 g/mol. The minimum absolute atomic E-state index is 0.0239. The average Bonchev–Trinajstić information content (AvgIpc) is 2.39. The Morgan fingerprint density at radius 1 is 0.895 bits per heavy atom. The first kappa shape index (κ1) is 13.6. The van der Waals surface area contributed by atoms with Crippen LogP contribution in [0.2, 0.25) is 19.6 Å². The van der Waals surface area contributed by atoms with E-state index in [9.17, 15) is 4.79 Å². The molecule has 2 nitrogen and oxygen atoms in total. The number of nitrogens with one attached hydrogen (secondary N) is 1. The number of rotatable bonds is 3. The van der Waals surface area contributed by atoms with Crippen molar-refractivity contribution in [2.75, 3.05) is 5.32 Å². The summed E-state index contributed by atoms with van der Waals surface area (Å²) in [7, 11) is -1.52. The van der Waals surface area contributed by atoms with E-state index < -0.39 is 8.07 Å². The topological polar surface area (TPSA) is 29.1 Å². The molecule has 0 aliphatic rings. The van der Waals surface area contributed by atoms with E-state index >= 15 is 0 Å². The Kier molecular flexibility index (Phi) is 3.86. The maximum atomic E-state index is 12.4. The van der Waals surface area contributed by atoms with Crippen LogP contribution in [0.15, 0.2) is 54.6 Å². The smallest absolute Gasteiger partial charge is 0.255 e. The van der Waals surface area contributed by atoms with Crippen molar-refractivity contribution in [3.8, 4) is 0 Å². The largest absolute Gasteiger partial charge is 0.322 e. The number of carbonyl (C=O) groups excluding carboxylic acids is 1. The van der Waals surface area contributed by atoms with Gasteiger partial charge in [-0.2, -0.15) is 0 Å². The van der Waals surface area contributed by atoms with Crippen molar-refractivity contribution in [2.24, 2.45) is 0 Å². The van der Waals surface area contributed by atoms with Gasteiger partial charge in [-0.1, -0.05) is 56.0 Å². The molecule has 0 aliphatic heterocycles. The highest BCUT2D eigenvalue weighted by molar-refractivity contribution is 6.89. The molecule has 1 amide bonds. The van der Waals surface area contributed by atoms with Crippen LogP contribution in [0.25, 0.3) is 0 Å². The van der Waals surface area contributed by atoms with Crippen molar-refractivity contribution in [3.63, 3.8) is 0 Å². The zero-order valence-corrected chi connectivity index (χ0v) is 12.6. The lowest BCUT2D eigenvalue weighted by Crippen LogP contribution is -2.42. The van der Waals surface area contributed by atoms with Crippen molar-refractivity contribution < 1.29 is 4.79 Å². The maximum absolute atomic E-state index is 12.4. The van der Waals surface area contributed by atoms with Gasteiger partial charge in [-0.3, -0.25) is 4.79 Å². The molecule has 0 saturated heterocycles. The van der Waals surface area contributed by atoms with Gasteiger partial charge in [0.2, 0.25) is 0 Å². The fourth-order valence-electron chi connectivity index (χ4n) is 2.06. The third-order valence-electron chi connectivity index (χ3n) is 3.01. The second kappa shape index (κ2) is 5.41. The van der Waals surface area contributed by atoms with E-state index in [4.69, 9.17) is 0 Å². The molecule has 0 atom stereocenters. The Hall–Kier alpha value is -1.87. The second-order valence-corrected chi connectivity index (χ2v) is 10.7. The lowest BCUT2D eigenvalue weighted by Gasteiger charge is -2.20. The Labute approximate surface area is 115 Å². The molecule has 3 heteroatoms. The zero-order chi connectivity index (χ0) is 13.9. The van der Waals surface area contributed by atoms with Gasteiger partial charge in [0.25, 0.3) is 5.91 Å². The molecule has 0 heterocycles. The predicted octanol–water partition coefficient (Wildman–Crippen LogP) is 3.48. The molecular formula is C16H19NOSi. The SMILES string of the molecule is C[Si](C)(C)c1ccccc1C(=O)Nc1ccccc1. The molecule has 19 heavy (non-hydrogen) atoms. The molecule has 0 aliphatic carbocycles. The van der Waals surface area contributed by atoms with Gasteiger partial charge in [0.1, 0.15) is 0 Å². The van der Waals surface area contributed by atoms with Crippen LogP contribution in [0.3, 0.4) is 0 Å². The molecule has 0 saturated carbocycles. The zero-order valence-electron chi connectivity index (χ0n) is 11.6. The standard InChI is InChI=1S/C16H19NOSi/c1-19(2,3)15-12-8-7-11-14(15)16(18)17-13-9-5-4-6-10-13/h4-12H,1-3H3,(H,17,18). The molecule has 0 spiro atoms. The number of benzene rings is 2. The van der Waals surface area contributed by atoms with Gasteiger partial charge in [-0.25, -0.2) is 0 Å². The van der Waals surface area contributed by atoms with Crippen LogP contribution >= 0.6 is 0 Å². The molecule has 0 radical (unpaired) electrons. The number of hydrogen-bond acceptors (Lipinski definition) is 1. The van der Waals surface area contributed by atoms with Crippen LogP contribution in [-0.4, -0.2) is 14.0 Å². The minimum atomic E-state index is -1.52. The molecule has 1 N–H and O–H groups in total. The summed E-state index contributed by atoms with van der Waals surface area (Å²) in [6.07, 6.45) is 0. The number of para-hydroxylation sites is 1. The normalized spacial score (nSPS) is 11.1. The fourth-order valence-corrected chi connectivity index (χ4v) is 3.66. The number of amides is 1. The summed E-state index contributed by atoms with van der Waals surface area (Å²) in [5.41, 5.74) is 1.63. The fraction of sp³-hybridized carbons (Fsp3) is 0.188. The van der Waals surface area contributed by atoms with E-state index in [0.717, 1.165) is 11.3 Å². The Bertz CT molecular complexity index is 573. The molecule has 0 aromatic heterocycles. The predicted molar refractivity (Wildman–Crippen MR) is 83.8 cm³/mol. The quantitative estimate of drug-likeness (QED) is 0.849. The van der Waals surface area contributed by atoms with Crippen LogP contribution in [-0.2, 0) is 0 Å². The Morgan fingerprint density at radius 3 is 2.11 bits per heavy atom. The van der Waals surface area contributed by atoms with Crippen LogP contribution in [0.1, 0.15) is 10.4 Å². The molecule has 2 rings (SSSR count). The van der Waals surface area contributed by atoms with Gasteiger partial charge in [-0.05, 0) is 23.4 Å². The van der Waals surface area contributed by atoms with Crippen molar-refractivity contribution in [1.82, 2.24) is 0 Å². The third-order valence-corrected chi connectivity index (χ3v) is 5.06. The summed E-state index contributed by atoms with van der Waals surface area (Å²) < 4.78 is 0. The highest BCUT2D eigenvalue weighted by Gasteiger charge is 2.22. The molecule has 0 fully saturated rings. The third kappa shape index (κ3) is 3.32. The van der Waals surface area contributed by atoms with E-state index in [1.165, 1.54) is 5.19 Å². The lowest BCUT2D eigenvalue weighted by molar-refractivity contribution is 0.102. The van der Waals surface area contributed by atoms with Gasteiger partial charge in [0.15, 0.2) is 0 Å². The van der Waals surface area contributed by atoms with E-state index in [-0.39, 0.29) is 5.91 Å². The minimum Gasteiger partial charge on any atom is -0.322 e. The van der Waals surface area contributed by atoms with Gasteiger partial charge in [-0.15, -0.1) is 0 Å². The van der Waals surface area contributed by atoms with Crippen LogP contribution in [0.4, 0.5) is 5.69 Å². The van der Waals surface area contributed by atoms with Gasteiger partial charge >= 0.3 is 0 Å². The number of carbonyl (C=O) groups is 1. The summed E-state index contributed by atoms with van der Waals surface area (Å²) in [6.45, 7) is 6.75. The van der Waals surface area contributed by atoms with Crippen LogP contribution in [0, 0.1) is 0 Å². The average molecular weight is 269 g/mol. The first-order valence-electron chi connectivity index (χ1n) is 6.44. The van der Waals surface area contributed by atoms with Crippen molar-refractivity contribution in [3.05, 3.63) is 60.2 Å². The highest BCUT2D eigenvalue weighted by atomic mass is 28.3. The molecular weight excluding hydrogens is 250 g/mol. The lowest BCUT2D eigenvalue weighted by atomic mass is 10.2. The van der Waals surface area contributed by atoms with E-state index in [0.29, 0.717) is 0 Å². The second-order valence-electron chi connectivity index (χ2n) is 5.62. The summed E-state index contributed by atoms with van der Waals surface area (Å²) >= 11 is 0. The maximum Gasteiger partial charge on any atom is 0.255 e. The summed E-state index contributed by atoms with van der Waals surface area (Å²) in [4.78, 5) is 12.4. The van der Waals surface area contributed by atoms with Crippen LogP contribution < -0.4 is 10.5 Å². The van der Waals surface area contributed by atoms with Crippen LogP contribution in [0.5, 0.6) is 0 Å². The Balaban J connectivity index is 2.30.